The maximum Gasteiger partial charge on any atom is 0.149 e. The molecular weight excluding hydrogens is 164 g/mol. The van der Waals surface area contributed by atoms with E-state index in [1.54, 1.807) is 12.4 Å². The second kappa shape index (κ2) is 4.64. The van der Waals surface area contributed by atoms with Gasteiger partial charge in [-0.25, -0.2) is 4.98 Å². The summed E-state index contributed by atoms with van der Waals surface area (Å²) in [5.74, 6) is 1.72. The number of aromatic nitrogens is 2. The number of nitrogens with zero attached hydrogens (tertiary/aromatic N) is 3. The maximum absolute atomic E-state index is 4.36. The number of anilines is 2. The van der Waals surface area contributed by atoms with Gasteiger partial charge in [0.2, 0.25) is 0 Å². The summed E-state index contributed by atoms with van der Waals surface area (Å²) in [4.78, 5) is 10.4. The summed E-state index contributed by atoms with van der Waals surface area (Å²) < 4.78 is 0. The third kappa shape index (κ3) is 2.89. The minimum absolute atomic E-state index is 0.841. The van der Waals surface area contributed by atoms with Gasteiger partial charge >= 0.3 is 0 Å². The van der Waals surface area contributed by atoms with E-state index in [1.165, 1.54) is 0 Å². The van der Waals surface area contributed by atoms with Crippen molar-refractivity contribution in [3.8, 4) is 0 Å². The van der Waals surface area contributed by atoms with E-state index in [-0.39, 0.29) is 0 Å². The van der Waals surface area contributed by atoms with Gasteiger partial charge < -0.3 is 10.2 Å². The minimum Gasteiger partial charge on any atom is -0.369 e. The Balaban J connectivity index is 2.68. The van der Waals surface area contributed by atoms with Crippen LogP contribution in [-0.4, -0.2) is 30.6 Å². The summed E-state index contributed by atoms with van der Waals surface area (Å²) >= 11 is 0. The van der Waals surface area contributed by atoms with Gasteiger partial charge in [-0.15, -0.1) is 0 Å². The van der Waals surface area contributed by atoms with E-state index in [4.69, 9.17) is 0 Å². The average Bonchev–Trinajstić information content (AvgIpc) is 2.15. The molecule has 0 aliphatic carbocycles. The summed E-state index contributed by atoms with van der Waals surface area (Å²) in [5, 5.41) is 3.19. The van der Waals surface area contributed by atoms with Gasteiger partial charge in [-0.1, -0.05) is 6.92 Å². The quantitative estimate of drug-likeness (QED) is 0.759. The monoisotopic (exact) mass is 180 g/mol. The van der Waals surface area contributed by atoms with Crippen LogP contribution in [0.15, 0.2) is 12.4 Å². The molecule has 0 amide bonds. The van der Waals surface area contributed by atoms with Gasteiger partial charge in [-0.2, -0.15) is 0 Å². The Labute approximate surface area is 79.0 Å². The molecule has 1 aromatic heterocycles. The van der Waals surface area contributed by atoms with Crippen LogP contribution < -0.4 is 10.2 Å². The summed E-state index contributed by atoms with van der Waals surface area (Å²) in [5.41, 5.74) is 0. The third-order valence-corrected chi connectivity index (χ3v) is 1.64. The fraction of sp³-hybridized carbons (Fsp3) is 0.556. The molecule has 1 aromatic rings. The predicted octanol–water partition coefficient (Wildman–Crippen LogP) is 1.36. The van der Waals surface area contributed by atoms with Gasteiger partial charge in [0.05, 0.1) is 12.4 Å². The van der Waals surface area contributed by atoms with Crippen molar-refractivity contribution in [2.45, 2.75) is 13.3 Å². The molecule has 0 fully saturated rings. The van der Waals surface area contributed by atoms with E-state index in [1.807, 2.05) is 19.0 Å². The van der Waals surface area contributed by atoms with E-state index < -0.39 is 0 Å². The van der Waals surface area contributed by atoms with Crippen LogP contribution in [0.3, 0.4) is 0 Å². The zero-order valence-corrected chi connectivity index (χ0v) is 8.41. The Bertz CT molecular complexity index is 260. The predicted molar refractivity (Wildman–Crippen MR) is 55.1 cm³/mol. The van der Waals surface area contributed by atoms with Gasteiger partial charge in [-0.3, -0.25) is 4.98 Å². The Hall–Kier alpha value is -1.32. The zero-order valence-electron chi connectivity index (χ0n) is 8.41. The molecule has 0 saturated carbocycles. The maximum atomic E-state index is 4.36. The molecule has 0 atom stereocenters. The highest BCUT2D eigenvalue weighted by Crippen LogP contribution is 2.08. The van der Waals surface area contributed by atoms with Crippen LogP contribution in [0.4, 0.5) is 11.6 Å². The standard InChI is InChI=1S/C9H16N4/c1-4-5-11-8-6-10-7-9(12-8)13(2)3/h6-7H,4-5H2,1-3H3,(H,11,12). The summed E-state index contributed by atoms with van der Waals surface area (Å²) in [6.07, 6.45) is 4.58. The molecule has 0 radical (unpaired) electrons. The van der Waals surface area contributed by atoms with Crippen LogP contribution in [0, 0.1) is 0 Å². The largest absolute Gasteiger partial charge is 0.369 e. The Morgan fingerprint density at radius 1 is 1.38 bits per heavy atom. The summed E-state index contributed by atoms with van der Waals surface area (Å²) in [6, 6.07) is 0. The fourth-order valence-corrected chi connectivity index (χ4v) is 0.909. The highest BCUT2D eigenvalue weighted by atomic mass is 15.2. The number of nitrogens with one attached hydrogen (secondary N) is 1. The van der Waals surface area contributed by atoms with E-state index in [0.717, 1.165) is 24.6 Å². The first-order valence-electron chi connectivity index (χ1n) is 4.47. The van der Waals surface area contributed by atoms with Crippen molar-refractivity contribution < 1.29 is 0 Å². The molecule has 0 aromatic carbocycles. The molecule has 0 aliphatic heterocycles. The van der Waals surface area contributed by atoms with Crippen molar-refractivity contribution in [3.63, 3.8) is 0 Å². The Morgan fingerprint density at radius 3 is 2.77 bits per heavy atom. The zero-order chi connectivity index (χ0) is 9.68. The topological polar surface area (TPSA) is 41.1 Å². The van der Waals surface area contributed by atoms with Gasteiger partial charge in [0.15, 0.2) is 0 Å². The second-order valence-electron chi connectivity index (χ2n) is 3.08. The Kier molecular flexibility index (Phi) is 3.49. The van der Waals surface area contributed by atoms with Crippen molar-refractivity contribution in [1.29, 1.82) is 0 Å². The van der Waals surface area contributed by atoms with Gasteiger partial charge in [0.1, 0.15) is 11.6 Å². The van der Waals surface area contributed by atoms with Crippen LogP contribution in [0.25, 0.3) is 0 Å². The molecule has 1 rings (SSSR count). The van der Waals surface area contributed by atoms with E-state index in [9.17, 15) is 0 Å². The smallest absolute Gasteiger partial charge is 0.149 e. The first-order chi connectivity index (χ1) is 6.24. The molecule has 1 N–H and O–H groups in total. The van der Waals surface area contributed by atoms with E-state index >= 15 is 0 Å². The summed E-state index contributed by atoms with van der Waals surface area (Å²) in [6.45, 7) is 3.06. The van der Waals surface area contributed by atoms with Gasteiger partial charge in [0, 0.05) is 20.6 Å². The molecule has 72 valence electrons. The molecular formula is C9H16N4. The lowest BCUT2D eigenvalue weighted by atomic mass is 10.5. The molecule has 0 bridgehead atoms. The van der Waals surface area contributed by atoms with Crippen LogP contribution in [-0.2, 0) is 0 Å². The van der Waals surface area contributed by atoms with Crippen LogP contribution in [0.1, 0.15) is 13.3 Å². The first kappa shape index (κ1) is 9.77. The Morgan fingerprint density at radius 2 is 2.15 bits per heavy atom. The minimum atomic E-state index is 0.841. The summed E-state index contributed by atoms with van der Waals surface area (Å²) in [7, 11) is 3.90. The normalized spacial score (nSPS) is 9.77. The van der Waals surface area contributed by atoms with Gasteiger partial charge in [0.25, 0.3) is 0 Å². The first-order valence-corrected chi connectivity index (χ1v) is 4.47. The van der Waals surface area contributed by atoms with Crippen molar-refractivity contribution in [3.05, 3.63) is 12.4 Å². The SMILES string of the molecule is CCCNc1cncc(N(C)C)n1. The van der Waals surface area contributed by atoms with Crippen LogP contribution >= 0.6 is 0 Å². The lowest BCUT2D eigenvalue weighted by molar-refractivity contribution is 0.956. The fourth-order valence-electron chi connectivity index (χ4n) is 0.909. The van der Waals surface area contributed by atoms with Crippen molar-refractivity contribution in [1.82, 2.24) is 9.97 Å². The molecule has 0 unspecified atom stereocenters. The number of hydrogen-bond donors (Lipinski definition) is 1. The highest BCUT2D eigenvalue weighted by Gasteiger charge is 1.98. The van der Waals surface area contributed by atoms with Crippen molar-refractivity contribution in [2.75, 3.05) is 30.9 Å². The molecule has 0 aliphatic rings. The third-order valence-electron chi connectivity index (χ3n) is 1.64. The second-order valence-corrected chi connectivity index (χ2v) is 3.08. The molecule has 1 heterocycles. The molecule has 13 heavy (non-hydrogen) atoms. The number of hydrogen-bond acceptors (Lipinski definition) is 4. The molecule has 0 saturated heterocycles. The highest BCUT2D eigenvalue weighted by molar-refractivity contribution is 5.42. The van der Waals surface area contributed by atoms with E-state index in [0.29, 0.717) is 0 Å². The number of rotatable bonds is 4. The van der Waals surface area contributed by atoms with Crippen molar-refractivity contribution >= 4 is 11.6 Å². The van der Waals surface area contributed by atoms with Crippen LogP contribution in [0.2, 0.25) is 0 Å². The molecule has 4 nitrogen and oxygen atoms in total. The molecule has 0 spiro atoms. The van der Waals surface area contributed by atoms with E-state index in [2.05, 4.69) is 22.2 Å². The van der Waals surface area contributed by atoms with Crippen LogP contribution in [0.5, 0.6) is 0 Å². The molecule has 4 heteroatoms. The average molecular weight is 180 g/mol. The van der Waals surface area contributed by atoms with Gasteiger partial charge in [-0.05, 0) is 6.42 Å². The lowest BCUT2D eigenvalue weighted by Gasteiger charge is -2.11. The van der Waals surface area contributed by atoms with Crippen molar-refractivity contribution in [2.24, 2.45) is 0 Å². The lowest BCUT2D eigenvalue weighted by Crippen LogP contribution is -2.12.